The van der Waals surface area contributed by atoms with Crippen molar-refractivity contribution in [2.24, 2.45) is 46.3 Å². The molecule has 0 spiro atoms. The van der Waals surface area contributed by atoms with Crippen LogP contribution in [0.4, 0.5) is 4.79 Å². The molecule has 0 atom stereocenters. The molecule has 0 heterocycles. The molecule has 0 saturated heterocycles. The Morgan fingerprint density at radius 1 is 0.577 bits per heavy atom. The summed E-state index contributed by atoms with van der Waals surface area (Å²) in [5.41, 5.74) is 0.902. The van der Waals surface area contributed by atoms with E-state index < -0.39 is 0 Å². The van der Waals surface area contributed by atoms with Crippen LogP contribution in [-0.4, -0.2) is 19.1 Å². The number of carbonyl (C=O) groups excluding carboxylic acids is 1. The third kappa shape index (κ3) is 2.71. The van der Waals surface area contributed by atoms with E-state index in [1.54, 1.807) is 0 Å². The Morgan fingerprint density at radius 2 is 0.846 bits per heavy atom. The molecule has 3 heteroatoms. The predicted molar refractivity (Wildman–Crippen MR) is 103 cm³/mol. The lowest BCUT2D eigenvalue weighted by atomic mass is 9.49. The molecule has 0 unspecified atom stereocenters. The maximum absolute atomic E-state index is 12.6. The SMILES string of the molecule is O=C(NCC12CC3CC(CC(C3)C1)C2)NCC12CC3CC(CC(C3)C1)C2. The largest absolute Gasteiger partial charge is 0.338 e. The van der Waals surface area contributed by atoms with Gasteiger partial charge in [0, 0.05) is 13.1 Å². The summed E-state index contributed by atoms with van der Waals surface area (Å²) < 4.78 is 0. The second-order valence-corrected chi connectivity index (χ2v) is 11.9. The molecule has 0 aromatic carbocycles. The number of carbonyl (C=O) groups is 1. The lowest BCUT2D eigenvalue weighted by Crippen LogP contribution is -2.54. The molecule has 3 nitrogen and oxygen atoms in total. The zero-order chi connectivity index (χ0) is 17.4. The number of rotatable bonds is 4. The average molecular weight is 357 g/mol. The van der Waals surface area contributed by atoms with Crippen LogP contribution in [-0.2, 0) is 0 Å². The summed E-state index contributed by atoms with van der Waals surface area (Å²) in [6.07, 6.45) is 17.2. The molecule has 8 aliphatic rings. The molecule has 8 rings (SSSR count). The van der Waals surface area contributed by atoms with Gasteiger partial charge in [-0.15, -0.1) is 0 Å². The molecule has 8 aliphatic carbocycles. The van der Waals surface area contributed by atoms with E-state index in [4.69, 9.17) is 0 Å². The molecule has 0 aromatic rings. The van der Waals surface area contributed by atoms with Gasteiger partial charge in [0.1, 0.15) is 0 Å². The Balaban J connectivity index is 1.04. The number of urea groups is 1. The number of hydrogen-bond donors (Lipinski definition) is 2. The van der Waals surface area contributed by atoms with Crippen LogP contribution in [0.25, 0.3) is 0 Å². The highest BCUT2D eigenvalue weighted by Crippen LogP contribution is 2.60. The first-order valence-electron chi connectivity index (χ1n) is 11.6. The van der Waals surface area contributed by atoms with E-state index in [1.807, 2.05) is 0 Å². The first-order valence-corrected chi connectivity index (χ1v) is 11.6. The highest BCUT2D eigenvalue weighted by atomic mass is 16.2. The second kappa shape index (κ2) is 5.64. The first-order chi connectivity index (χ1) is 12.6. The van der Waals surface area contributed by atoms with Gasteiger partial charge in [0.25, 0.3) is 0 Å². The molecule has 8 bridgehead atoms. The van der Waals surface area contributed by atoms with Gasteiger partial charge in [0.05, 0.1) is 0 Å². The highest BCUT2D eigenvalue weighted by Gasteiger charge is 2.52. The molecular weight excluding hydrogens is 320 g/mol. The van der Waals surface area contributed by atoms with Gasteiger partial charge in [-0.3, -0.25) is 0 Å². The topological polar surface area (TPSA) is 41.1 Å². The monoisotopic (exact) mass is 356 g/mol. The molecule has 8 saturated carbocycles. The van der Waals surface area contributed by atoms with Gasteiger partial charge in [0.2, 0.25) is 0 Å². The van der Waals surface area contributed by atoms with Crippen LogP contribution in [0.2, 0.25) is 0 Å². The molecule has 0 radical (unpaired) electrons. The minimum Gasteiger partial charge on any atom is -0.338 e. The van der Waals surface area contributed by atoms with E-state index >= 15 is 0 Å². The smallest absolute Gasteiger partial charge is 0.314 e. The van der Waals surface area contributed by atoms with Crippen molar-refractivity contribution in [3.63, 3.8) is 0 Å². The van der Waals surface area contributed by atoms with Gasteiger partial charge < -0.3 is 10.6 Å². The summed E-state index contributed by atoms with van der Waals surface area (Å²) in [5, 5.41) is 6.64. The number of hydrogen-bond acceptors (Lipinski definition) is 1. The van der Waals surface area contributed by atoms with Crippen LogP contribution in [0.15, 0.2) is 0 Å². The lowest BCUT2D eigenvalue weighted by molar-refractivity contribution is -0.0521. The molecule has 8 fully saturated rings. The van der Waals surface area contributed by atoms with Crippen LogP contribution in [0.3, 0.4) is 0 Å². The van der Waals surface area contributed by atoms with E-state index in [9.17, 15) is 4.79 Å². The van der Waals surface area contributed by atoms with Crippen molar-refractivity contribution >= 4 is 6.03 Å². The minimum absolute atomic E-state index is 0.122. The van der Waals surface area contributed by atoms with Gasteiger partial charge in [-0.2, -0.15) is 0 Å². The minimum atomic E-state index is 0.122. The molecule has 2 amide bonds. The van der Waals surface area contributed by atoms with Crippen LogP contribution in [0, 0.1) is 46.3 Å². The predicted octanol–water partition coefficient (Wildman–Crippen LogP) is 4.72. The Morgan fingerprint density at radius 3 is 1.12 bits per heavy atom. The number of amides is 2. The van der Waals surface area contributed by atoms with Crippen molar-refractivity contribution in [2.45, 2.75) is 77.0 Å². The fraction of sp³-hybridized carbons (Fsp3) is 0.957. The van der Waals surface area contributed by atoms with E-state index in [0.29, 0.717) is 10.8 Å². The zero-order valence-electron chi connectivity index (χ0n) is 16.3. The third-order valence-electron chi connectivity index (χ3n) is 9.58. The van der Waals surface area contributed by atoms with Crippen molar-refractivity contribution in [1.82, 2.24) is 10.6 Å². The summed E-state index contributed by atoms with van der Waals surface area (Å²) in [7, 11) is 0. The Kier molecular flexibility index (Phi) is 3.52. The fourth-order valence-corrected chi connectivity index (χ4v) is 9.61. The van der Waals surface area contributed by atoms with Gasteiger partial charge in [-0.05, 0) is 123 Å². The van der Waals surface area contributed by atoms with Gasteiger partial charge in [0.15, 0.2) is 0 Å². The lowest BCUT2D eigenvalue weighted by Gasteiger charge is -2.57. The third-order valence-corrected chi connectivity index (χ3v) is 9.58. The molecular formula is C23H36N2O. The van der Waals surface area contributed by atoms with E-state index in [2.05, 4.69) is 10.6 Å². The first kappa shape index (κ1) is 16.2. The summed E-state index contributed by atoms with van der Waals surface area (Å²) in [4.78, 5) is 12.6. The molecule has 144 valence electrons. The van der Waals surface area contributed by atoms with Crippen molar-refractivity contribution in [1.29, 1.82) is 0 Å². The van der Waals surface area contributed by atoms with Crippen molar-refractivity contribution in [2.75, 3.05) is 13.1 Å². The Bertz CT molecular complexity index is 476. The molecule has 0 aromatic heterocycles. The fourth-order valence-electron chi connectivity index (χ4n) is 9.61. The highest BCUT2D eigenvalue weighted by molar-refractivity contribution is 5.73. The quantitative estimate of drug-likeness (QED) is 0.752. The van der Waals surface area contributed by atoms with E-state index in [1.165, 1.54) is 77.0 Å². The number of nitrogens with one attached hydrogen (secondary N) is 2. The Labute approximate surface area is 158 Å². The van der Waals surface area contributed by atoms with Crippen LogP contribution in [0.5, 0.6) is 0 Å². The van der Waals surface area contributed by atoms with Gasteiger partial charge in [-0.25, -0.2) is 4.79 Å². The van der Waals surface area contributed by atoms with Gasteiger partial charge >= 0.3 is 6.03 Å². The van der Waals surface area contributed by atoms with Crippen molar-refractivity contribution < 1.29 is 4.79 Å². The summed E-state index contributed by atoms with van der Waals surface area (Å²) in [6, 6.07) is 0.122. The van der Waals surface area contributed by atoms with E-state index in [0.717, 1.165) is 48.6 Å². The molecule has 26 heavy (non-hydrogen) atoms. The summed E-state index contributed by atoms with van der Waals surface area (Å²) >= 11 is 0. The van der Waals surface area contributed by atoms with Gasteiger partial charge in [-0.1, -0.05) is 0 Å². The summed E-state index contributed by atoms with van der Waals surface area (Å²) in [6.45, 7) is 1.87. The van der Waals surface area contributed by atoms with Crippen LogP contribution in [0.1, 0.15) is 77.0 Å². The second-order valence-electron chi connectivity index (χ2n) is 11.9. The average Bonchev–Trinajstić information content (AvgIpc) is 2.56. The van der Waals surface area contributed by atoms with Crippen LogP contribution < -0.4 is 10.6 Å². The standard InChI is InChI=1S/C23H36N2O/c26-21(24-13-22-7-15-1-16(8-22)3-17(2-15)9-22)25-14-23-10-18-4-19(11-23)6-20(5-18)12-23/h15-20H,1-14H2,(H2,24,25,26). The Hall–Kier alpha value is -0.730. The molecule has 0 aliphatic heterocycles. The maximum atomic E-state index is 12.6. The van der Waals surface area contributed by atoms with Crippen LogP contribution >= 0.6 is 0 Å². The van der Waals surface area contributed by atoms with Crippen molar-refractivity contribution in [3.8, 4) is 0 Å². The van der Waals surface area contributed by atoms with E-state index in [-0.39, 0.29) is 6.03 Å². The molecule has 2 N–H and O–H groups in total. The zero-order valence-corrected chi connectivity index (χ0v) is 16.3. The van der Waals surface area contributed by atoms with Crippen molar-refractivity contribution in [3.05, 3.63) is 0 Å². The normalized spacial score (nSPS) is 53.1. The maximum Gasteiger partial charge on any atom is 0.314 e. The summed E-state index contributed by atoms with van der Waals surface area (Å²) in [5.74, 6) is 5.82.